The molecular weight excluding hydrogens is 705 g/mol. The molecule has 1 rings (SSSR count). The van der Waals surface area contributed by atoms with Gasteiger partial charge in [0.2, 0.25) is 12.1 Å². The largest absolute Gasteiger partial charge is 0.391 e. The Kier molecular flexibility index (Phi) is 14.7. The van der Waals surface area contributed by atoms with Crippen molar-refractivity contribution < 1.29 is 47.9 Å². The summed E-state index contributed by atoms with van der Waals surface area (Å²) in [6.07, 6.45) is -1.89. The quantitative estimate of drug-likeness (QED) is 0.0559. The zero-order valence-corrected chi connectivity index (χ0v) is 39.1. The second kappa shape index (κ2) is 15.4. The molecule has 0 heterocycles. The molecule has 4 N–H and O–H groups in total. The maximum atomic E-state index is 13.5. The second-order valence-electron chi connectivity index (χ2n) is 19.9. The minimum Gasteiger partial charge on any atom is -0.391 e. The van der Waals surface area contributed by atoms with Crippen molar-refractivity contribution in [2.75, 3.05) is 6.61 Å². The van der Waals surface area contributed by atoms with E-state index in [1.54, 1.807) is 0 Å². The van der Waals surface area contributed by atoms with Gasteiger partial charge in [0.1, 0.15) is 13.2 Å². The van der Waals surface area contributed by atoms with Gasteiger partial charge in [0.05, 0.1) is 0 Å². The van der Waals surface area contributed by atoms with Crippen LogP contribution in [0.15, 0.2) is 30.3 Å². The van der Waals surface area contributed by atoms with Gasteiger partial charge in [-0.2, -0.15) is 4.89 Å². The lowest BCUT2D eigenvalue weighted by Crippen LogP contribution is -2.81. The van der Waals surface area contributed by atoms with Crippen LogP contribution >= 0.6 is 0 Å². The van der Waals surface area contributed by atoms with Crippen molar-refractivity contribution in [3.63, 3.8) is 0 Å². The van der Waals surface area contributed by atoms with E-state index in [9.17, 15) is 20.4 Å². The predicted molar refractivity (Wildman–Crippen MR) is 211 cm³/mol. The molecule has 0 bridgehead atoms. The lowest BCUT2D eigenvalue weighted by molar-refractivity contribution is -0.505. The summed E-state index contributed by atoms with van der Waals surface area (Å²) in [6.45, 7) is 37.8. The zero-order valence-electron chi connectivity index (χ0n) is 35.1. The van der Waals surface area contributed by atoms with Crippen LogP contribution in [0.2, 0.25) is 72.5 Å². The molecule has 0 aromatic heterocycles. The summed E-state index contributed by atoms with van der Waals surface area (Å²) in [4.78, 5) is 11.9. The first-order valence-electron chi connectivity index (χ1n) is 17.7. The maximum Gasteiger partial charge on any atom is 0.273 e. The summed E-state index contributed by atoms with van der Waals surface area (Å²) < 4.78 is 27.1. The molecule has 0 aliphatic carbocycles. The second-order valence-corrected chi connectivity index (χ2v) is 38.9. The average Bonchev–Trinajstić information content (AvgIpc) is 2.89. The van der Waals surface area contributed by atoms with Crippen molar-refractivity contribution in [2.45, 2.75) is 186 Å². The molecule has 1 aromatic rings. The normalized spacial score (nSPS) is 19.0. The van der Waals surface area contributed by atoms with Crippen molar-refractivity contribution in [3.05, 3.63) is 35.9 Å². The Morgan fingerprint density at radius 2 is 0.940 bits per heavy atom. The molecule has 4 atom stereocenters. The van der Waals surface area contributed by atoms with Crippen LogP contribution < -0.4 is 0 Å². The van der Waals surface area contributed by atoms with Gasteiger partial charge >= 0.3 is 0 Å². The fourth-order valence-corrected chi connectivity index (χ4v) is 9.02. The Morgan fingerprint density at radius 1 is 0.560 bits per heavy atom. The predicted octanol–water partition coefficient (Wildman–Crippen LogP) is 8.61. The molecule has 50 heavy (non-hydrogen) atoms. The summed E-state index contributed by atoms with van der Waals surface area (Å²) >= 11 is 0. The van der Waals surface area contributed by atoms with Gasteiger partial charge in [-0.1, -0.05) is 113 Å². The van der Waals surface area contributed by atoms with E-state index in [1.165, 1.54) is 0 Å². The van der Waals surface area contributed by atoms with Crippen LogP contribution in [0.1, 0.15) is 88.6 Å². The summed E-state index contributed by atoms with van der Waals surface area (Å²) in [6, 6.07) is 9.34. The summed E-state index contributed by atoms with van der Waals surface area (Å²) in [5.74, 6) is -9.15. The van der Waals surface area contributed by atoms with Crippen molar-refractivity contribution in [1.82, 2.24) is 0 Å². The number of hydrogen-bond acceptors (Lipinski definition) is 10. The molecule has 0 saturated carbocycles. The molecule has 1 unspecified atom stereocenters. The molecule has 294 valence electrons. The van der Waals surface area contributed by atoms with Gasteiger partial charge in [0, 0.05) is 0 Å². The third kappa shape index (κ3) is 10.5. The van der Waals surface area contributed by atoms with E-state index in [-0.39, 0.29) is 6.61 Å². The Labute approximate surface area is 308 Å². The van der Waals surface area contributed by atoms with Crippen molar-refractivity contribution in [1.29, 1.82) is 0 Å². The monoisotopic (exact) mass is 778 g/mol. The van der Waals surface area contributed by atoms with E-state index in [4.69, 9.17) is 27.5 Å². The van der Waals surface area contributed by atoms with Gasteiger partial charge in [-0.05, 0) is 78.1 Å². The van der Waals surface area contributed by atoms with Crippen LogP contribution in [0, 0.1) is 0 Å². The highest BCUT2D eigenvalue weighted by molar-refractivity contribution is 6.75. The van der Waals surface area contributed by atoms with E-state index in [0.717, 1.165) is 5.56 Å². The minimum atomic E-state index is -3.19. The molecule has 0 spiro atoms. The zero-order chi connectivity index (χ0) is 39.8. The number of benzene rings is 1. The molecule has 0 radical (unpaired) electrons. The highest BCUT2D eigenvalue weighted by Crippen LogP contribution is 2.53. The highest BCUT2D eigenvalue weighted by Gasteiger charge is 2.75. The number of rotatable bonds is 16. The Morgan fingerprint density at radius 3 is 1.32 bits per heavy atom. The third-order valence-corrected chi connectivity index (χ3v) is 29.4. The molecule has 0 aliphatic rings. The van der Waals surface area contributed by atoms with E-state index < -0.39 is 83.7 Å². The Bertz CT molecular complexity index is 1230. The average molecular weight is 779 g/mol. The Hall–Kier alpha value is -0.312. The van der Waals surface area contributed by atoms with Crippen LogP contribution in [0.3, 0.4) is 0 Å². The van der Waals surface area contributed by atoms with Gasteiger partial charge in [-0.15, -0.1) is 0 Å². The summed E-state index contributed by atoms with van der Waals surface area (Å²) in [5.41, 5.74) is 0.785. The highest BCUT2D eigenvalue weighted by atomic mass is 28.4. The fraction of sp³-hybridized carbons (Fsp3) is 0.833. The van der Waals surface area contributed by atoms with Gasteiger partial charge < -0.3 is 38.1 Å². The van der Waals surface area contributed by atoms with E-state index in [2.05, 4.69) is 0 Å². The van der Waals surface area contributed by atoms with Crippen LogP contribution in [0.5, 0.6) is 0 Å². The molecule has 14 heteroatoms. The fourth-order valence-electron chi connectivity index (χ4n) is 3.91. The molecular formula is C36H74O10Si4. The summed E-state index contributed by atoms with van der Waals surface area (Å²) in [7, 11) is -12.3. The first-order chi connectivity index (χ1) is 21.9. The minimum absolute atomic E-state index is 0.0272. The number of aliphatic hydroxyl groups excluding tert-OH is 1. The van der Waals surface area contributed by atoms with E-state index >= 15 is 0 Å². The van der Waals surface area contributed by atoms with Crippen LogP contribution in [0.25, 0.3) is 0 Å². The molecule has 0 saturated heterocycles. The smallest absolute Gasteiger partial charge is 0.273 e. The molecule has 10 nitrogen and oxygen atoms in total. The Balaban J connectivity index is 4.42. The maximum absolute atomic E-state index is 13.5. The lowest BCUT2D eigenvalue weighted by Gasteiger charge is -2.59. The first-order valence-corrected chi connectivity index (χ1v) is 29.4. The van der Waals surface area contributed by atoms with Crippen molar-refractivity contribution >= 4 is 33.3 Å². The SMILES string of the molecule is CC(C)(C)[Si](C)(C)OC(OOCc1ccccc1)[C@@](O)(O[Si](C)(C)C(C)(C)C)[C@](O)(O[Si](C)(C)C(C)(C)C)[C@](O)(CO)O[Si](C)(C)C(C)(C)C. The molecule has 0 aliphatic heterocycles. The molecule has 0 fully saturated rings. The molecule has 1 aromatic carbocycles. The molecule has 0 amide bonds. The lowest BCUT2D eigenvalue weighted by atomic mass is 9.96. The van der Waals surface area contributed by atoms with Gasteiger partial charge in [0.25, 0.3) is 11.6 Å². The summed E-state index contributed by atoms with van der Waals surface area (Å²) in [5, 5.41) is 49.0. The van der Waals surface area contributed by atoms with Crippen molar-refractivity contribution in [2.24, 2.45) is 0 Å². The van der Waals surface area contributed by atoms with Gasteiger partial charge in [0.15, 0.2) is 33.3 Å². The first kappa shape index (κ1) is 47.7. The van der Waals surface area contributed by atoms with E-state index in [1.807, 2.05) is 166 Å². The van der Waals surface area contributed by atoms with Crippen LogP contribution in [-0.4, -0.2) is 84.0 Å². The number of aliphatic hydroxyl groups is 4. The van der Waals surface area contributed by atoms with Crippen LogP contribution in [-0.2, 0) is 34.1 Å². The third-order valence-electron chi connectivity index (χ3n) is 11.6. The van der Waals surface area contributed by atoms with Crippen LogP contribution in [0.4, 0.5) is 0 Å². The topological polar surface area (TPSA) is 136 Å². The van der Waals surface area contributed by atoms with Gasteiger partial charge in [-0.3, -0.25) is 0 Å². The number of hydrogen-bond donors (Lipinski definition) is 4. The standard InChI is InChI=1S/C36H74O10Si4/c1-30(2,3)47(13,14)43-29(42-41-26-28-24-22-21-23-25-28)35(39,45-49(17,18)32(7,8)9)36(40,46-50(19,20)33(10,11)12)34(38,27-37)44-48(15,16)31(4,5)6/h21-25,29,37-40H,26-27H2,1-20H3/t29?,34-,35+,36+/m0/s1. The van der Waals surface area contributed by atoms with E-state index in [0.29, 0.717) is 0 Å². The van der Waals surface area contributed by atoms with Gasteiger partial charge in [-0.25, -0.2) is 4.89 Å². The van der Waals surface area contributed by atoms with Crippen molar-refractivity contribution in [3.8, 4) is 0 Å².